The van der Waals surface area contributed by atoms with E-state index in [1.807, 2.05) is 44.2 Å². The number of phenolic OH excluding ortho intramolecular Hbond substituents is 1. The largest absolute Gasteiger partial charge is 0.508 e. The molecule has 0 aliphatic carbocycles. The third kappa shape index (κ3) is 3.42. The van der Waals surface area contributed by atoms with Gasteiger partial charge >= 0.3 is 6.01 Å². The smallest absolute Gasteiger partial charge is 0.315 e. The summed E-state index contributed by atoms with van der Waals surface area (Å²) < 4.78 is 6.80. The molecule has 25 heavy (non-hydrogen) atoms. The number of hydrogen-bond donors (Lipinski definition) is 2. The Bertz CT molecular complexity index is 870. The van der Waals surface area contributed by atoms with Gasteiger partial charge in [0.15, 0.2) is 5.82 Å². The summed E-state index contributed by atoms with van der Waals surface area (Å²) in [5.74, 6) is 1.75. The molecule has 1 heterocycles. The molecule has 0 amide bonds. The molecule has 2 N–H and O–H groups in total. The van der Waals surface area contributed by atoms with E-state index in [0.29, 0.717) is 12.4 Å². The van der Waals surface area contributed by atoms with E-state index in [4.69, 9.17) is 4.74 Å². The first-order valence-corrected chi connectivity index (χ1v) is 8.08. The number of nitrogens with zero attached hydrogens (tertiary/aromatic N) is 3. The summed E-state index contributed by atoms with van der Waals surface area (Å²) in [6.07, 6.45) is 0. The number of rotatable bonds is 5. The maximum absolute atomic E-state index is 10.1. The van der Waals surface area contributed by atoms with E-state index in [9.17, 15) is 10.2 Å². The van der Waals surface area contributed by atoms with Gasteiger partial charge in [0, 0.05) is 5.56 Å². The topological polar surface area (TPSA) is 80.4 Å². The standard InChI is InChI=1S/C19H21N3O3/c1-12(2)16-10-14(6-9-17(16)23)18-20-21-19(24)22(18)11-13-4-7-15(25-3)8-5-13/h4-10,12,23H,11H2,1-3H3,(H,21,24). The fourth-order valence-corrected chi connectivity index (χ4v) is 2.72. The molecule has 130 valence electrons. The molecule has 0 aliphatic rings. The van der Waals surface area contributed by atoms with Gasteiger partial charge in [0.1, 0.15) is 11.5 Å². The van der Waals surface area contributed by atoms with Gasteiger partial charge in [-0.25, -0.2) is 0 Å². The van der Waals surface area contributed by atoms with Gasteiger partial charge < -0.3 is 14.9 Å². The zero-order valence-corrected chi connectivity index (χ0v) is 14.5. The Morgan fingerprint density at radius 1 is 1.04 bits per heavy atom. The molecule has 0 bridgehead atoms. The van der Waals surface area contributed by atoms with Crippen LogP contribution in [0.15, 0.2) is 42.5 Å². The third-order valence-corrected chi connectivity index (χ3v) is 4.14. The van der Waals surface area contributed by atoms with E-state index < -0.39 is 0 Å². The van der Waals surface area contributed by atoms with E-state index >= 15 is 0 Å². The number of benzene rings is 2. The highest BCUT2D eigenvalue weighted by Crippen LogP contribution is 2.31. The predicted molar refractivity (Wildman–Crippen MR) is 95.0 cm³/mol. The van der Waals surface area contributed by atoms with E-state index in [2.05, 4.69) is 10.2 Å². The molecule has 0 spiro atoms. The summed E-state index contributed by atoms with van der Waals surface area (Å²) >= 11 is 0. The number of aromatic nitrogens is 3. The predicted octanol–water partition coefficient (Wildman–Crippen LogP) is 3.54. The molecule has 0 unspecified atom stereocenters. The van der Waals surface area contributed by atoms with Gasteiger partial charge in [-0.05, 0) is 47.4 Å². The molecule has 0 fully saturated rings. The lowest BCUT2D eigenvalue weighted by Gasteiger charge is -2.12. The zero-order chi connectivity index (χ0) is 18.0. The summed E-state index contributed by atoms with van der Waals surface area (Å²) in [7, 11) is 1.62. The van der Waals surface area contributed by atoms with E-state index in [1.54, 1.807) is 23.8 Å². The molecule has 3 aromatic rings. The molecular weight excluding hydrogens is 318 g/mol. The van der Waals surface area contributed by atoms with Gasteiger partial charge in [0.2, 0.25) is 0 Å². The van der Waals surface area contributed by atoms with Gasteiger partial charge in [0.25, 0.3) is 0 Å². The third-order valence-electron chi connectivity index (χ3n) is 4.14. The second kappa shape index (κ2) is 6.84. The van der Waals surface area contributed by atoms with Crippen molar-refractivity contribution in [1.82, 2.24) is 14.8 Å². The lowest BCUT2D eigenvalue weighted by atomic mass is 9.99. The van der Waals surface area contributed by atoms with Crippen LogP contribution in [-0.4, -0.2) is 32.1 Å². The maximum Gasteiger partial charge on any atom is 0.315 e. The van der Waals surface area contributed by atoms with Gasteiger partial charge in [-0.2, -0.15) is 0 Å². The molecule has 6 heteroatoms. The van der Waals surface area contributed by atoms with Crippen LogP contribution in [0.5, 0.6) is 17.5 Å². The Kier molecular flexibility index (Phi) is 4.61. The van der Waals surface area contributed by atoms with Crippen LogP contribution in [0.3, 0.4) is 0 Å². The summed E-state index contributed by atoms with van der Waals surface area (Å²) in [4.78, 5) is 0. The van der Waals surface area contributed by atoms with Crippen molar-refractivity contribution in [1.29, 1.82) is 0 Å². The molecule has 0 saturated heterocycles. The van der Waals surface area contributed by atoms with Gasteiger partial charge in [-0.1, -0.05) is 31.1 Å². The molecule has 2 aromatic carbocycles. The average molecular weight is 339 g/mol. The maximum atomic E-state index is 10.1. The molecule has 0 saturated carbocycles. The molecule has 0 aliphatic heterocycles. The van der Waals surface area contributed by atoms with Crippen LogP contribution < -0.4 is 4.74 Å². The average Bonchev–Trinajstić information content (AvgIpc) is 2.96. The lowest BCUT2D eigenvalue weighted by molar-refractivity contribution is 0.404. The second-order valence-electron chi connectivity index (χ2n) is 6.19. The number of aromatic hydroxyl groups is 2. The number of ether oxygens (including phenoxy) is 1. The highest BCUT2D eigenvalue weighted by molar-refractivity contribution is 5.60. The first-order valence-electron chi connectivity index (χ1n) is 8.08. The van der Waals surface area contributed by atoms with Crippen LogP contribution in [0.1, 0.15) is 30.9 Å². The Morgan fingerprint density at radius 3 is 2.40 bits per heavy atom. The monoisotopic (exact) mass is 339 g/mol. The number of methoxy groups -OCH3 is 1. The first-order chi connectivity index (χ1) is 12.0. The Balaban J connectivity index is 1.97. The fourth-order valence-electron chi connectivity index (χ4n) is 2.72. The quantitative estimate of drug-likeness (QED) is 0.743. The van der Waals surface area contributed by atoms with Crippen molar-refractivity contribution < 1.29 is 14.9 Å². The molecule has 0 radical (unpaired) electrons. The van der Waals surface area contributed by atoms with Gasteiger partial charge in [-0.15, -0.1) is 5.10 Å². The summed E-state index contributed by atoms with van der Waals surface area (Å²) in [6, 6.07) is 12.8. The Labute approximate surface area is 146 Å². The lowest BCUT2D eigenvalue weighted by Crippen LogP contribution is -2.02. The summed E-state index contributed by atoms with van der Waals surface area (Å²) in [5.41, 5.74) is 2.61. The molecule has 0 atom stereocenters. The van der Waals surface area contributed by atoms with Crippen molar-refractivity contribution in [2.45, 2.75) is 26.3 Å². The van der Waals surface area contributed by atoms with Crippen LogP contribution in [0.2, 0.25) is 0 Å². The number of hydrogen-bond acceptors (Lipinski definition) is 5. The van der Waals surface area contributed by atoms with Crippen molar-refractivity contribution in [3.05, 3.63) is 53.6 Å². The van der Waals surface area contributed by atoms with Crippen molar-refractivity contribution >= 4 is 0 Å². The van der Waals surface area contributed by atoms with Gasteiger partial charge in [-0.3, -0.25) is 4.57 Å². The SMILES string of the molecule is COc1ccc(Cn2c(O)nnc2-c2ccc(O)c(C(C)C)c2)cc1. The number of phenols is 1. The van der Waals surface area contributed by atoms with Crippen LogP contribution in [0.25, 0.3) is 11.4 Å². The Morgan fingerprint density at radius 2 is 1.76 bits per heavy atom. The molecular formula is C19H21N3O3. The summed E-state index contributed by atoms with van der Waals surface area (Å²) in [6.45, 7) is 4.45. The normalized spacial score (nSPS) is 11.0. The van der Waals surface area contributed by atoms with Crippen LogP contribution in [-0.2, 0) is 6.54 Å². The minimum atomic E-state index is -0.148. The minimum absolute atomic E-state index is 0.148. The fraction of sp³-hybridized carbons (Fsp3) is 0.263. The van der Waals surface area contributed by atoms with Crippen molar-refractivity contribution in [2.24, 2.45) is 0 Å². The van der Waals surface area contributed by atoms with E-state index in [0.717, 1.165) is 22.4 Å². The van der Waals surface area contributed by atoms with Crippen molar-refractivity contribution in [3.8, 4) is 28.9 Å². The highest BCUT2D eigenvalue weighted by atomic mass is 16.5. The molecule has 1 aromatic heterocycles. The van der Waals surface area contributed by atoms with Crippen molar-refractivity contribution in [3.63, 3.8) is 0 Å². The minimum Gasteiger partial charge on any atom is -0.508 e. The molecule has 6 nitrogen and oxygen atoms in total. The first kappa shape index (κ1) is 16.8. The van der Waals surface area contributed by atoms with Crippen LogP contribution in [0.4, 0.5) is 0 Å². The Hall–Kier alpha value is -3.02. The van der Waals surface area contributed by atoms with Crippen LogP contribution >= 0.6 is 0 Å². The second-order valence-corrected chi connectivity index (χ2v) is 6.19. The molecule has 3 rings (SSSR count). The highest BCUT2D eigenvalue weighted by Gasteiger charge is 2.16. The van der Waals surface area contributed by atoms with Crippen molar-refractivity contribution in [2.75, 3.05) is 7.11 Å². The van der Waals surface area contributed by atoms with Crippen LogP contribution in [0, 0.1) is 0 Å². The van der Waals surface area contributed by atoms with Gasteiger partial charge in [0.05, 0.1) is 13.7 Å². The van der Waals surface area contributed by atoms with E-state index in [1.165, 1.54) is 0 Å². The summed E-state index contributed by atoms with van der Waals surface area (Å²) in [5, 5.41) is 28.0. The van der Waals surface area contributed by atoms with E-state index in [-0.39, 0.29) is 17.7 Å². The zero-order valence-electron chi connectivity index (χ0n) is 14.5.